The Morgan fingerprint density at radius 2 is 2.20 bits per heavy atom. The van der Waals surface area contributed by atoms with Crippen LogP contribution in [0.3, 0.4) is 0 Å². The van der Waals surface area contributed by atoms with E-state index in [2.05, 4.69) is 53.3 Å². The standard InChI is InChI=1S/C12H18BrNS/c1-4-7-15-12-6-5-10(8-11(12)13)9(2)14-3/h5-6,8-9,14H,4,7H2,1-3H3. The van der Waals surface area contributed by atoms with Crippen LogP contribution in [-0.4, -0.2) is 12.8 Å². The van der Waals surface area contributed by atoms with E-state index in [0.29, 0.717) is 6.04 Å². The van der Waals surface area contributed by atoms with Crippen molar-refractivity contribution in [2.24, 2.45) is 0 Å². The summed E-state index contributed by atoms with van der Waals surface area (Å²) in [5, 5.41) is 3.24. The van der Waals surface area contributed by atoms with E-state index >= 15 is 0 Å². The van der Waals surface area contributed by atoms with E-state index in [-0.39, 0.29) is 0 Å². The zero-order valence-corrected chi connectivity index (χ0v) is 11.9. The van der Waals surface area contributed by atoms with Gasteiger partial charge in [0.05, 0.1) is 0 Å². The molecule has 1 atom stereocenters. The Morgan fingerprint density at radius 3 is 2.73 bits per heavy atom. The monoisotopic (exact) mass is 287 g/mol. The molecule has 1 rings (SSSR count). The van der Waals surface area contributed by atoms with Crippen LogP contribution in [0.15, 0.2) is 27.6 Å². The highest BCUT2D eigenvalue weighted by molar-refractivity contribution is 9.10. The largest absolute Gasteiger partial charge is 0.313 e. The number of benzene rings is 1. The van der Waals surface area contributed by atoms with Gasteiger partial charge >= 0.3 is 0 Å². The first-order valence-corrected chi connectivity index (χ1v) is 7.06. The van der Waals surface area contributed by atoms with Crippen molar-refractivity contribution in [3.8, 4) is 0 Å². The van der Waals surface area contributed by atoms with Crippen molar-refractivity contribution in [1.82, 2.24) is 5.32 Å². The maximum Gasteiger partial charge on any atom is 0.0314 e. The zero-order chi connectivity index (χ0) is 11.3. The van der Waals surface area contributed by atoms with Crippen LogP contribution >= 0.6 is 27.7 Å². The van der Waals surface area contributed by atoms with Gasteiger partial charge in [-0.15, -0.1) is 11.8 Å². The predicted molar refractivity (Wildman–Crippen MR) is 72.6 cm³/mol. The Hall–Kier alpha value is 0.01000. The van der Waals surface area contributed by atoms with Gasteiger partial charge in [-0.25, -0.2) is 0 Å². The molecule has 84 valence electrons. The summed E-state index contributed by atoms with van der Waals surface area (Å²) in [5.41, 5.74) is 1.32. The van der Waals surface area contributed by atoms with Crippen LogP contribution in [0.5, 0.6) is 0 Å². The van der Waals surface area contributed by atoms with Crippen LogP contribution < -0.4 is 5.32 Å². The van der Waals surface area contributed by atoms with Gasteiger partial charge in [-0.3, -0.25) is 0 Å². The molecule has 0 aliphatic rings. The van der Waals surface area contributed by atoms with Crippen LogP contribution in [-0.2, 0) is 0 Å². The molecular weight excluding hydrogens is 270 g/mol. The topological polar surface area (TPSA) is 12.0 Å². The number of halogens is 1. The van der Waals surface area contributed by atoms with Gasteiger partial charge in [0.2, 0.25) is 0 Å². The van der Waals surface area contributed by atoms with E-state index in [1.807, 2.05) is 18.8 Å². The summed E-state index contributed by atoms with van der Waals surface area (Å²) in [7, 11) is 1.98. The molecule has 0 bridgehead atoms. The second-order valence-electron chi connectivity index (χ2n) is 3.55. The van der Waals surface area contributed by atoms with E-state index in [9.17, 15) is 0 Å². The van der Waals surface area contributed by atoms with Crippen molar-refractivity contribution >= 4 is 27.7 Å². The van der Waals surface area contributed by atoms with Gasteiger partial charge in [0.25, 0.3) is 0 Å². The Balaban J connectivity index is 2.78. The van der Waals surface area contributed by atoms with Crippen molar-refractivity contribution < 1.29 is 0 Å². The van der Waals surface area contributed by atoms with Crippen molar-refractivity contribution in [2.75, 3.05) is 12.8 Å². The highest BCUT2D eigenvalue weighted by Crippen LogP contribution is 2.30. The molecule has 0 spiro atoms. The first-order chi connectivity index (χ1) is 7.19. The molecule has 1 nitrogen and oxygen atoms in total. The second-order valence-corrected chi connectivity index (χ2v) is 5.54. The van der Waals surface area contributed by atoms with Gasteiger partial charge in [0.15, 0.2) is 0 Å². The molecule has 0 saturated carbocycles. The Bertz CT molecular complexity index is 314. The first kappa shape index (κ1) is 13.1. The molecule has 3 heteroatoms. The second kappa shape index (κ2) is 6.56. The SMILES string of the molecule is CCCSc1ccc(C(C)NC)cc1Br. The number of hydrogen-bond acceptors (Lipinski definition) is 2. The summed E-state index contributed by atoms with van der Waals surface area (Å²) in [6.45, 7) is 4.37. The van der Waals surface area contributed by atoms with Gasteiger partial charge in [-0.2, -0.15) is 0 Å². The maximum absolute atomic E-state index is 3.63. The van der Waals surface area contributed by atoms with Crippen molar-refractivity contribution in [3.63, 3.8) is 0 Å². The van der Waals surface area contributed by atoms with Crippen LogP contribution in [0.1, 0.15) is 31.9 Å². The molecule has 1 N–H and O–H groups in total. The summed E-state index contributed by atoms with van der Waals surface area (Å²) in [5.74, 6) is 1.18. The van der Waals surface area contributed by atoms with Crippen molar-refractivity contribution in [2.45, 2.75) is 31.2 Å². The minimum absolute atomic E-state index is 0.409. The van der Waals surface area contributed by atoms with Crippen LogP contribution in [0.25, 0.3) is 0 Å². The van der Waals surface area contributed by atoms with Crippen LogP contribution in [0, 0.1) is 0 Å². The average Bonchev–Trinajstić information content (AvgIpc) is 2.26. The Labute approximate surface area is 105 Å². The van der Waals surface area contributed by atoms with E-state index in [0.717, 1.165) is 0 Å². The van der Waals surface area contributed by atoms with Crippen LogP contribution in [0.4, 0.5) is 0 Å². The van der Waals surface area contributed by atoms with Gasteiger partial charge < -0.3 is 5.32 Å². The molecule has 0 heterocycles. The molecule has 15 heavy (non-hydrogen) atoms. The van der Waals surface area contributed by atoms with Gasteiger partial charge in [0.1, 0.15) is 0 Å². The Kier molecular flexibility index (Phi) is 5.72. The lowest BCUT2D eigenvalue weighted by atomic mass is 10.1. The maximum atomic E-state index is 3.63. The lowest BCUT2D eigenvalue weighted by Crippen LogP contribution is -2.12. The highest BCUT2D eigenvalue weighted by atomic mass is 79.9. The van der Waals surface area contributed by atoms with Crippen LogP contribution in [0.2, 0.25) is 0 Å². The molecule has 1 aromatic carbocycles. The zero-order valence-electron chi connectivity index (χ0n) is 9.51. The third kappa shape index (κ3) is 3.82. The summed E-state index contributed by atoms with van der Waals surface area (Å²) in [6, 6.07) is 7.02. The smallest absolute Gasteiger partial charge is 0.0314 e. The molecule has 0 fully saturated rings. The minimum atomic E-state index is 0.409. The summed E-state index contributed by atoms with van der Waals surface area (Å²) >= 11 is 5.53. The minimum Gasteiger partial charge on any atom is -0.313 e. The molecule has 1 aromatic rings. The fourth-order valence-electron chi connectivity index (χ4n) is 1.28. The van der Waals surface area contributed by atoms with Gasteiger partial charge in [0, 0.05) is 15.4 Å². The summed E-state index contributed by atoms with van der Waals surface area (Å²) < 4.78 is 1.21. The quantitative estimate of drug-likeness (QED) is 0.814. The third-order valence-corrected chi connectivity index (χ3v) is 4.55. The van der Waals surface area contributed by atoms with Crippen molar-refractivity contribution in [3.05, 3.63) is 28.2 Å². The molecular formula is C12H18BrNS. The summed E-state index contributed by atoms with van der Waals surface area (Å²) in [4.78, 5) is 1.34. The van der Waals surface area contributed by atoms with E-state index in [4.69, 9.17) is 0 Å². The fraction of sp³-hybridized carbons (Fsp3) is 0.500. The number of hydrogen-bond donors (Lipinski definition) is 1. The Morgan fingerprint density at radius 1 is 1.47 bits per heavy atom. The third-order valence-electron chi connectivity index (χ3n) is 2.35. The molecule has 0 amide bonds. The summed E-state index contributed by atoms with van der Waals surface area (Å²) in [6.07, 6.45) is 1.21. The first-order valence-electron chi connectivity index (χ1n) is 5.28. The van der Waals surface area contributed by atoms with Crippen molar-refractivity contribution in [1.29, 1.82) is 0 Å². The molecule has 0 aliphatic carbocycles. The van der Waals surface area contributed by atoms with E-state index in [1.54, 1.807) is 0 Å². The average molecular weight is 288 g/mol. The molecule has 1 unspecified atom stereocenters. The predicted octanol–water partition coefficient (Wildman–Crippen LogP) is 4.23. The lowest BCUT2D eigenvalue weighted by Gasteiger charge is -2.12. The molecule has 0 radical (unpaired) electrons. The van der Waals surface area contributed by atoms with Gasteiger partial charge in [-0.05, 0) is 59.8 Å². The number of nitrogens with one attached hydrogen (secondary N) is 1. The fourth-order valence-corrected chi connectivity index (χ4v) is 2.81. The lowest BCUT2D eigenvalue weighted by molar-refractivity contribution is 0.651. The molecule has 0 aliphatic heterocycles. The van der Waals surface area contributed by atoms with E-state index < -0.39 is 0 Å². The molecule has 0 saturated heterocycles. The number of thioether (sulfide) groups is 1. The number of rotatable bonds is 5. The highest BCUT2D eigenvalue weighted by Gasteiger charge is 2.06. The van der Waals surface area contributed by atoms with Gasteiger partial charge in [-0.1, -0.05) is 13.0 Å². The van der Waals surface area contributed by atoms with E-state index in [1.165, 1.54) is 27.1 Å². The molecule has 0 aromatic heterocycles. The normalized spacial score (nSPS) is 12.8.